The van der Waals surface area contributed by atoms with Crippen molar-refractivity contribution in [3.8, 4) is 0 Å². The van der Waals surface area contributed by atoms with Crippen molar-refractivity contribution in [2.24, 2.45) is 0 Å². The molecule has 0 saturated carbocycles. The van der Waals surface area contributed by atoms with Gasteiger partial charge in [0.05, 0.1) is 0 Å². The molecule has 0 radical (unpaired) electrons. The first-order chi connectivity index (χ1) is 9.43. The number of nitrogens with one attached hydrogen (secondary N) is 1. The lowest BCUT2D eigenvalue weighted by Gasteiger charge is -2.19. The quantitative estimate of drug-likeness (QED) is 0.782. The van der Waals surface area contributed by atoms with Gasteiger partial charge < -0.3 is 15.3 Å². The van der Waals surface area contributed by atoms with Crippen molar-refractivity contribution in [3.05, 3.63) is 48.1 Å². The molecular weight excluding hydrogens is 270 g/mol. The van der Waals surface area contributed by atoms with Crippen LogP contribution in [0.2, 0.25) is 0 Å². The summed E-state index contributed by atoms with van der Waals surface area (Å²) in [6.07, 6.45) is 1.38. The second-order valence-electron chi connectivity index (χ2n) is 3.96. The van der Waals surface area contributed by atoms with Crippen LogP contribution in [0, 0.1) is 11.6 Å². The van der Waals surface area contributed by atoms with Crippen molar-refractivity contribution in [1.82, 2.24) is 10.2 Å². The van der Waals surface area contributed by atoms with Crippen LogP contribution in [0.3, 0.4) is 0 Å². The number of rotatable bonds is 6. The van der Waals surface area contributed by atoms with Crippen LogP contribution in [-0.2, 0) is 11.3 Å². The first-order valence-electron chi connectivity index (χ1n) is 5.73. The molecule has 0 unspecified atom stereocenters. The number of carbonyl (C=O) groups is 2. The van der Waals surface area contributed by atoms with E-state index >= 15 is 0 Å². The standard InChI is InChI=1S/C13H14F2N2O3/c1-2-5-17(8-12(18)19)13(20)16-7-9-3-4-10(14)6-11(9)15/h2-4,6H,1,5,7-8H2,(H,16,20)(H,18,19). The number of halogens is 2. The number of amides is 2. The summed E-state index contributed by atoms with van der Waals surface area (Å²) in [5.41, 5.74) is 0.105. The second kappa shape index (κ2) is 7.22. The molecule has 7 heteroatoms. The molecule has 0 atom stereocenters. The Kier molecular flexibility index (Phi) is 5.64. The van der Waals surface area contributed by atoms with Crippen molar-refractivity contribution in [2.45, 2.75) is 6.54 Å². The number of hydrogen-bond acceptors (Lipinski definition) is 2. The molecule has 0 aromatic heterocycles. The first-order valence-corrected chi connectivity index (χ1v) is 5.73. The van der Waals surface area contributed by atoms with Gasteiger partial charge in [0.15, 0.2) is 0 Å². The predicted molar refractivity (Wildman–Crippen MR) is 68.0 cm³/mol. The van der Waals surface area contributed by atoms with Crippen LogP contribution in [0.15, 0.2) is 30.9 Å². The molecule has 1 aromatic rings. The maximum atomic E-state index is 13.3. The van der Waals surface area contributed by atoms with E-state index in [-0.39, 0.29) is 18.7 Å². The summed E-state index contributed by atoms with van der Waals surface area (Å²) in [4.78, 5) is 23.3. The molecule has 0 aliphatic carbocycles. The molecule has 20 heavy (non-hydrogen) atoms. The highest BCUT2D eigenvalue weighted by atomic mass is 19.1. The van der Waals surface area contributed by atoms with Gasteiger partial charge >= 0.3 is 12.0 Å². The number of carboxylic acids is 1. The molecule has 0 fully saturated rings. The number of aliphatic carboxylic acids is 1. The minimum Gasteiger partial charge on any atom is -0.480 e. The van der Waals surface area contributed by atoms with Gasteiger partial charge in [0.25, 0.3) is 0 Å². The normalized spacial score (nSPS) is 9.90. The number of carbonyl (C=O) groups excluding carboxylic acids is 1. The third kappa shape index (κ3) is 4.68. The van der Waals surface area contributed by atoms with Crippen molar-refractivity contribution in [2.75, 3.05) is 13.1 Å². The molecule has 0 spiro atoms. The lowest BCUT2D eigenvalue weighted by Crippen LogP contribution is -2.42. The minimum atomic E-state index is -1.17. The fraction of sp³-hybridized carbons (Fsp3) is 0.231. The second-order valence-corrected chi connectivity index (χ2v) is 3.96. The Morgan fingerprint density at radius 2 is 2.10 bits per heavy atom. The molecule has 108 valence electrons. The topological polar surface area (TPSA) is 69.6 Å². The zero-order chi connectivity index (χ0) is 15.1. The van der Waals surface area contributed by atoms with E-state index < -0.39 is 30.2 Å². The van der Waals surface area contributed by atoms with Crippen LogP contribution in [0.5, 0.6) is 0 Å². The number of hydrogen-bond donors (Lipinski definition) is 2. The maximum absolute atomic E-state index is 13.3. The van der Waals surface area contributed by atoms with Gasteiger partial charge in [-0.3, -0.25) is 4.79 Å². The van der Waals surface area contributed by atoms with Crippen molar-refractivity contribution in [1.29, 1.82) is 0 Å². The van der Waals surface area contributed by atoms with Gasteiger partial charge in [-0.25, -0.2) is 13.6 Å². The van der Waals surface area contributed by atoms with E-state index in [9.17, 15) is 18.4 Å². The summed E-state index contributed by atoms with van der Waals surface area (Å²) < 4.78 is 26.1. The minimum absolute atomic E-state index is 0.0457. The molecule has 0 aliphatic rings. The fourth-order valence-electron chi connectivity index (χ4n) is 1.49. The van der Waals surface area contributed by atoms with Gasteiger partial charge in [-0.2, -0.15) is 0 Å². The Hall–Kier alpha value is -2.44. The highest BCUT2D eigenvalue weighted by Gasteiger charge is 2.15. The largest absolute Gasteiger partial charge is 0.480 e. The van der Waals surface area contributed by atoms with Crippen LogP contribution >= 0.6 is 0 Å². The molecule has 0 heterocycles. The summed E-state index contributed by atoms with van der Waals surface area (Å²) in [5.74, 6) is -2.66. The molecular formula is C13H14F2N2O3. The van der Waals surface area contributed by atoms with Crippen LogP contribution in [-0.4, -0.2) is 35.1 Å². The molecule has 2 N–H and O–H groups in total. The summed E-state index contributed by atoms with van der Waals surface area (Å²) in [5, 5.41) is 11.0. The lowest BCUT2D eigenvalue weighted by atomic mass is 10.2. The Balaban J connectivity index is 2.64. The Morgan fingerprint density at radius 3 is 2.65 bits per heavy atom. The molecule has 1 rings (SSSR count). The van der Waals surface area contributed by atoms with E-state index in [4.69, 9.17) is 5.11 Å². The smallest absolute Gasteiger partial charge is 0.323 e. The predicted octanol–water partition coefficient (Wildman–Crippen LogP) is 1.75. The number of carboxylic acid groups (broad SMARTS) is 1. The van der Waals surface area contributed by atoms with E-state index in [2.05, 4.69) is 11.9 Å². The summed E-state index contributed by atoms with van der Waals surface area (Å²) in [6.45, 7) is 2.80. The van der Waals surface area contributed by atoms with E-state index in [1.807, 2.05) is 0 Å². The van der Waals surface area contributed by atoms with Gasteiger partial charge in [0, 0.05) is 24.7 Å². The maximum Gasteiger partial charge on any atom is 0.323 e. The Bertz CT molecular complexity index is 520. The fourth-order valence-corrected chi connectivity index (χ4v) is 1.49. The summed E-state index contributed by atoms with van der Waals surface area (Å²) in [7, 11) is 0. The SMILES string of the molecule is C=CCN(CC(=O)O)C(=O)NCc1ccc(F)cc1F. The Morgan fingerprint density at radius 1 is 1.40 bits per heavy atom. The van der Waals surface area contributed by atoms with Crippen molar-refractivity contribution < 1.29 is 23.5 Å². The van der Waals surface area contributed by atoms with E-state index in [0.717, 1.165) is 11.0 Å². The summed E-state index contributed by atoms with van der Waals surface area (Å²) in [6, 6.07) is 2.32. The van der Waals surface area contributed by atoms with Crippen LogP contribution in [0.1, 0.15) is 5.56 Å². The van der Waals surface area contributed by atoms with Gasteiger partial charge in [0.1, 0.15) is 18.2 Å². The zero-order valence-corrected chi connectivity index (χ0v) is 10.6. The molecule has 0 saturated heterocycles. The monoisotopic (exact) mass is 284 g/mol. The number of benzene rings is 1. The molecule has 1 aromatic carbocycles. The van der Waals surface area contributed by atoms with Gasteiger partial charge in [-0.05, 0) is 6.07 Å². The van der Waals surface area contributed by atoms with Crippen LogP contribution in [0.25, 0.3) is 0 Å². The average Bonchev–Trinajstić information content (AvgIpc) is 2.36. The van der Waals surface area contributed by atoms with E-state index in [1.54, 1.807) is 0 Å². The molecule has 0 aliphatic heterocycles. The third-order valence-corrected chi connectivity index (χ3v) is 2.41. The Labute approximate surface area is 114 Å². The van der Waals surface area contributed by atoms with E-state index in [0.29, 0.717) is 6.07 Å². The molecule has 0 bridgehead atoms. The summed E-state index contributed by atoms with van der Waals surface area (Å²) >= 11 is 0. The molecule has 2 amide bonds. The van der Waals surface area contributed by atoms with Crippen LogP contribution < -0.4 is 5.32 Å². The van der Waals surface area contributed by atoms with Crippen molar-refractivity contribution >= 4 is 12.0 Å². The number of urea groups is 1. The lowest BCUT2D eigenvalue weighted by molar-refractivity contribution is -0.137. The average molecular weight is 284 g/mol. The first kappa shape index (κ1) is 15.6. The number of nitrogens with zero attached hydrogens (tertiary/aromatic N) is 1. The highest BCUT2D eigenvalue weighted by Crippen LogP contribution is 2.09. The molecule has 5 nitrogen and oxygen atoms in total. The van der Waals surface area contributed by atoms with Crippen LogP contribution in [0.4, 0.5) is 13.6 Å². The van der Waals surface area contributed by atoms with Crippen molar-refractivity contribution in [3.63, 3.8) is 0 Å². The van der Waals surface area contributed by atoms with Gasteiger partial charge in [-0.1, -0.05) is 12.1 Å². The van der Waals surface area contributed by atoms with E-state index in [1.165, 1.54) is 12.1 Å². The third-order valence-electron chi connectivity index (χ3n) is 2.41. The van der Waals surface area contributed by atoms with Gasteiger partial charge in [0.2, 0.25) is 0 Å². The highest BCUT2D eigenvalue weighted by molar-refractivity contribution is 5.80. The van der Waals surface area contributed by atoms with Gasteiger partial charge in [-0.15, -0.1) is 6.58 Å². The zero-order valence-electron chi connectivity index (χ0n) is 10.6.